The topological polar surface area (TPSA) is 77.9 Å². The smallest absolute Gasteiger partial charge is 0.408 e. The third kappa shape index (κ3) is 2.45. The van der Waals surface area contributed by atoms with Gasteiger partial charge in [-0.3, -0.25) is 9.69 Å². The molecule has 0 radical (unpaired) electrons. The normalized spacial score (nSPS) is 21.7. The fourth-order valence-electron chi connectivity index (χ4n) is 1.62. The van der Waals surface area contributed by atoms with E-state index in [0.717, 1.165) is 11.2 Å². The van der Waals surface area contributed by atoms with Gasteiger partial charge in [-0.25, -0.2) is 4.79 Å². The predicted octanol–water partition coefficient (Wildman–Crippen LogP) is -0.214. The van der Waals surface area contributed by atoms with Crippen molar-refractivity contribution < 1.29 is 19.5 Å². The Labute approximate surface area is 87.5 Å². The Morgan fingerprint density at radius 2 is 2.27 bits per heavy atom. The van der Waals surface area contributed by atoms with Crippen molar-refractivity contribution in [1.29, 1.82) is 0 Å². The van der Waals surface area contributed by atoms with Crippen LogP contribution >= 0.6 is 0 Å². The van der Waals surface area contributed by atoms with Crippen molar-refractivity contribution in [2.45, 2.75) is 19.4 Å². The molecule has 1 aliphatic rings. The van der Waals surface area contributed by atoms with Crippen LogP contribution in [0.1, 0.15) is 13.3 Å². The highest BCUT2D eigenvalue weighted by Gasteiger charge is 2.33. The van der Waals surface area contributed by atoms with E-state index in [1.807, 2.05) is 0 Å². The molecule has 1 atom stereocenters. The minimum Gasteiger partial charge on any atom is -0.465 e. The summed E-state index contributed by atoms with van der Waals surface area (Å²) in [6, 6.07) is -0.650. The molecule has 1 rings (SSSR count). The van der Waals surface area contributed by atoms with E-state index in [-0.39, 0.29) is 5.91 Å². The number of piperazine rings is 1. The molecular weight excluding hydrogens is 200 g/mol. The predicted molar refractivity (Wildman–Crippen MR) is 51.5 cm³/mol. The number of hydrogen-bond donors (Lipinski definition) is 1. The van der Waals surface area contributed by atoms with Crippen LogP contribution in [0, 0.1) is 0 Å². The highest BCUT2D eigenvalue weighted by atomic mass is 16.4. The molecule has 0 saturated carbocycles. The molecule has 0 aromatic carbocycles. The summed E-state index contributed by atoms with van der Waals surface area (Å²) in [5.41, 5.74) is 0. The Kier molecular flexibility index (Phi) is 3.65. The van der Waals surface area contributed by atoms with E-state index in [4.69, 9.17) is 5.11 Å². The largest absolute Gasteiger partial charge is 0.465 e. The maximum absolute atomic E-state index is 11.7. The molecule has 6 nitrogen and oxygen atoms in total. The third-order valence-electron chi connectivity index (χ3n) is 2.51. The highest BCUT2D eigenvalue weighted by molar-refractivity contribution is 5.86. The quantitative estimate of drug-likeness (QED) is 0.659. The average molecular weight is 214 g/mol. The number of nitrogens with zero attached hydrogens (tertiary/aromatic N) is 2. The molecule has 1 aliphatic heterocycles. The van der Waals surface area contributed by atoms with E-state index in [1.165, 1.54) is 4.90 Å². The van der Waals surface area contributed by atoms with E-state index in [2.05, 4.69) is 0 Å². The molecule has 0 aromatic rings. The molecular formula is C9H14N2O4. The first-order valence-electron chi connectivity index (χ1n) is 4.80. The van der Waals surface area contributed by atoms with Crippen LogP contribution in [0.4, 0.5) is 4.79 Å². The van der Waals surface area contributed by atoms with Crippen LogP contribution in [0.15, 0.2) is 0 Å². The van der Waals surface area contributed by atoms with Crippen molar-refractivity contribution in [2.75, 3.05) is 19.6 Å². The summed E-state index contributed by atoms with van der Waals surface area (Å²) in [6.45, 7) is 2.61. The van der Waals surface area contributed by atoms with Crippen molar-refractivity contribution in [3.05, 3.63) is 0 Å². The van der Waals surface area contributed by atoms with Gasteiger partial charge >= 0.3 is 6.09 Å². The second-order valence-electron chi connectivity index (χ2n) is 3.43. The highest BCUT2D eigenvalue weighted by Crippen LogP contribution is 2.11. The molecule has 2 amide bonds. The molecule has 0 spiro atoms. The van der Waals surface area contributed by atoms with Crippen molar-refractivity contribution in [1.82, 2.24) is 9.80 Å². The second-order valence-corrected chi connectivity index (χ2v) is 3.43. The summed E-state index contributed by atoms with van der Waals surface area (Å²) in [4.78, 5) is 35.2. The van der Waals surface area contributed by atoms with Crippen LogP contribution in [0.25, 0.3) is 0 Å². The fraction of sp³-hybridized carbons (Fsp3) is 0.667. The number of carbonyl (C=O) groups is 3. The molecule has 0 bridgehead atoms. The monoisotopic (exact) mass is 214 g/mol. The minimum absolute atomic E-state index is 0.231. The zero-order valence-electron chi connectivity index (χ0n) is 8.55. The summed E-state index contributed by atoms with van der Waals surface area (Å²) in [5, 5.41) is 8.79. The first-order valence-corrected chi connectivity index (χ1v) is 4.80. The number of aldehydes is 1. The van der Waals surface area contributed by atoms with Crippen LogP contribution < -0.4 is 0 Å². The molecule has 0 unspecified atom stereocenters. The van der Waals surface area contributed by atoms with Gasteiger partial charge in [-0.15, -0.1) is 0 Å². The van der Waals surface area contributed by atoms with Crippen molar-refractivity contribution in [3.8, 4) is 0 Å². The SMILES string of the molecule is C[C@@H]1C(=O)N(CCC=O)CCN1C(=O)O. The van der Waals surface area contributed by atoms with Gasteiger partial charge < -0.3 is 14.8 Å². The van der Waals surface area contributed by atoms with Crippen molar-refractivity contribution in [3.63, 3.8) is 0 Å². The molecule has 0 aromatic heterocycles. The number of amides is 2. The lowest BCUT2D eigenvalue weighted by molar-refractivity contribution is -0.139. The van der Waals surface area contributed by atoms with Crippen LogP contribution in [0.3, 0.4) is 0 Å². The molecule has 0 aliphatic carbocycles. The lowest BCUT2D eigenvalue weighted by atomic mass is 10.2. The summed E-state index contributed by atoms with van der Waals surface area (Å²) in [5.74, 6) is -0.231. The lowest BCUT2D eigenvalue weighted by Crippen LogP contribution is -2.57. The van der Waals surface area contributed by atoms with Crippen LogP contribution in [-0.4, -0.2) is 58.9 Å². The van der Waals surface area contributed by atoms with E-state index in [1.54, 1.807) is 6.92 Å². The molecule has 1 saturated heterocycles. The van der Waals surface area contributed by atoms with Gasteiger partial charge in [0.05, 0.1) is 0 Å². The molecule has 84 valence electrons. The van der Waals surface area contributed by atoms with Crippen LogP contribution in [0.2, 0.25) is 0 Å². The zero-order valence-corrected chi connectivity index (χ0v) is 8.55. The number of carbonyl (C=O) groups excluding carboxylic acids is 2. The molecule has 6 heteroatoms. The Morgan fingerprint density at radius 1 is 1.60 bits per heavy atom. The van der Waals surface area contributed by atoms with E-state index in [9.17, 15) is 14.4 Å². The van der Waals surface area contributed by atoms with Gasteiger partial charge in [0.2, 0.25) is 5.91 Å². The van der Waals surface area contributed by atoms with Gasteiger partial charge in [0, 0.05) is 26.1 Å². The molecule has 1 fully saturated rings. The summed E-state index contributed by atoms with van der Waals surface area (Å²) >= 11 is 0. The summed E-state index contributed by atoms with van der Waals surface area (Å²) in [7, 11) is 0. The Bertz CT molecular complexity index is 279. The third-order valence-corrected chi connectivity index (χ3v) is 2.51. The zero-order chi connectivity index (χ0) is 11.4. The van der Waals surface area contributed by atoms with Gasteiger partial charge in [0.1, 0.15) is 12.3 Å². The van der Waals surface area contributed by atoms with E-state index in [0.29, 0.717) is 26.1 Å². The van der Waals surface area contributed by atoms with Crippen LogP contribution in [0.5, 0.6) is 0 Å². The molecule has 1 heterocycles. The summed E-state index contributed by atoms with van der Waals surface area (Å²) < 4.78 is 0. The van der Waals surface area contributed by atoms with Crippen LogP contribution in [-0.2, 0) is 9.59 Å². The minimum atomic E-state index is -1.08. The first-order chi connectivity index (χ1) is 7.07. The van der Waals surface area contributed by atoms with Gasteiger partial charge in [-0.1, -0.05) is 0 Å². The fourth-order valence-corrected chi connectivity index (χ4v) is 1.62. The van der Waals surface area contributed by atoms with Crippen molar-refractivity contribution in [2.24, 2.45) is 0 Å². The standard InChI is InChI=1S/C9H14N2O4/c1-7-8(13)10(3-2-6-12)4-5-11(7)9(14)15/h6-7H,2-5H2,1H3,(H,14,15)/t7-/m1/s1. The maximum atomic E-state index is 11.7. The molecule has 15 heavy (non-hydrogen) atoms. The van der Waals surface area contributed by atoms with Gasteiger partial charge in [-0.05, 0) is 6.92 Å². The summed E-state index contributed by atoms with van der Waals surface area (Å²) in [6.07, 6.45) is -0.0292. The maximum Gasteiger partial charge on any atom is 0.408 e. The lowest BCUT2D eigenvalue weighted by Gasteiger charge is -2.37. The van der Waals surface area contributed by atoms with E-state index >= 15 is 0 Å². The van der Waals surface area contributed by atoms with Gasteiger partial charge in [-0.2, -0.15) is 0 Å². The number of hydrogen-bond acceptors (Lipinski definition) is 3. The van der Waals surface area contributed by atoms with Crippen molar-refractivity contribution >= 4 is 18.3 Å². The number of rotatable bonds is 3. The van der Waals surface area contributed by atoms with Gasteiger partial charge in [0.25, 0.3) is 0 Å². The Balaban J connectivity index is 2.60. The van der Waals surface area contributed by atoms with E-state index < -0.39 is 12.1 Å². The first kappa shape index (κ1) is 11.5. The Hall–Kier alpha value is -1.59. The number of carboxylic acid groups (broad SMARTS) is 1. The van der Waals surface area contributed by atoms with Gasteiger partial charge in [0.15, 0.2) is 0 Å². The molecule has 1 N–H and O–H groups in total. The average Bonchev–Trinajstić information content (AvgIpc) is 2.20. The second kappa shape index (κ2) is 4.77. The Morgan fingerprint density at radius 3 is 2.80 bits per heavy atom.